The Labute approximate surface area is 54.2 Å². The molecule has 0 aromatic carbocycles. The number of aromatic nitrogens is 3. The Balaban J connectivity index is 2.39. The summed E-state index contributed by atoms with van der Waals surface area (Å²) in [4.78, 5) is 4.10. The predicted octanol–water partition coefficient (Wildman–Crippen LogP) is 0.0372. The molecule has 0 spiro atoms. The summed E-state index contributed by atoms with van der Waals surface area (Å²) in [6, 6.07) is 0. The molecular formula is C5H8BN3. The highest BCUT2D eigenvalue weighted by Crippen LogP contribution is 2.07. The van der Waals surface area contributed by atoms with Gasteiger partial charge in [-0.15, -0.1) is 0 Å². The van der Waals surface area contributed by atoms with Crippen molar-refractivity contribution in [2.45, 2.75) is 19.6 Å². The second-order valence-electron chi connectivity index (χ2n) is 2.67. The third kappa shape index (κ3) is 0.659. The van der Waals surface area contributed by atoms with Gasteiger partial charge >= 0.3 is 0 Å². The van der Waals surface area contributed by atoms with Gasteiger partial charge in [0, 0.05) is 6.44 Å². The van der Waals surface area contributed by atoms with Crippen LogP contribution in [0.4, 0.5) is 0 Å². The van der Waals surface area contributed by atoms with Crippen molar-refractivity contribution >= 4 is 6.71 Å². The Hall–Kier alpha value is -0.795. The molecule has 0 saturated carbocycles. The van der Waals surface area contributed by atoms with Crippen LogP contribution in [0.3, 0.4) is 0 Å². The summed E-state index contributed by atoms with van der Waals surface area (Å²) >= 11 is 0. The van der Waals surface area contributed by atoms with Crippen molar-refractivity contribution in [3.8, 4) is 0 Å². The quantitative estimate of drug-likeness (QED) is 0.453. The minimum Gasteiger partial charge on any atom is -0.258 e. The Morgan fingerprint density at radius 1 is 1.78 bits per heavy atom. The van der Waals surface area contributed by atoms with Crippen LogP contribution in [0.5, 0.6) is 0 Å². The average Bonchev–Trinajstić information content (AvgIpc) is 2.22. The lowest BCUT2D eigenvalue weighted by Crippen LogP contribution is -2.09. The topological polar surface area (TPSA) is 30.7 Å². The van der Waals surface area contributed by atoms with Crippen molar-refractivity contribution in [2.24, 2.45) is 0 Å². The van der Waals surface area contributed by atoms with E-state index in [0.717, 1.165) is 25.3 Å². The lowest BCUT2D eigenvalue weighted by atomic mass is 9.51. The fourth-order valence-corrected chi connectivity index (χ4v) is 1.27. The van der Waals surface area contributed by atoms with Crippen LogP contribution in [-0.4, -0.2) is 21.5 Å². The first-order valence-electron chi connectivity index (χ1n) is 3.23. The van der Waals surface area contributed by atoms with Gasteiger partial charge in [-0.05, 0) is 6.32 Å². The molecule has 3 nitrogen and oxygen atoms in total. The molecule has 0 bridgehead atoms. The molecule has 0 amide bonds. The highest BCUT2D eigenvalue weighted by atomic mass is 15.3. The maximum absolute atomic E-state index is 4.10. The van der Waals surface area contributed by atoms with Gasteiger partial charge in [-0.3, -0.25) is 4.68 Å². The van der Waals surface area contributed by atoms with Gasteiger partial charge in [-0.25, -0.2) is 4.98 Å². The summed E-state index contributed by atoms with van der Waals surface area (Å²) in [5.41, 5.74) is 0. The van der Waals surface area contributed by atoms with Crippen molar-refractivity contribution in [2.75, 3.05) is 0 Å². The number of hydrogen-bond donors (Lipinski definition) is 0. The zero-order chi connectivity index (χ0) is 6.27. The first-order chi connectivity index (χ1) is 4.36. The summed E-state index contributed by atoms with van der Waals surface area (Å²) in [5.74, 6) is 1.14. The Bertz CT molecular complexity index is 199. The zero-order valence-corrected chi connectivity index (χ0v) is 5.41. The maximum Gasteiger partial charge on any atom is 0.171 e. The molecule has 1 aromatic rings. The van der Waals surface area contributed by atoms with E-state index in [1.807, 2.05) is 4.68 Å². The van der Waals surface area contributed by atoms with E-state index in [2.05, 4.69) is 16.9 Å². The summed E-state index contributed by atoms with van der Waals surface area (Å²) in [5, 5.41) is 4.05. The lowest BCUT2D eigenvalue weighted by Gasteiger charge is -1.90. The minimum atomic E-state index is 0.737. The third-order valence-electron chi connectivity index (χ3n) is 1.71. The SMILES string of the molecule is CB1Cc2ncnn2C1. The van der Waals surface area contributed by atoms with E-state index in [1.165, 1.54) is 0 Å². The van der Waals surface area contributed by atoms with E-state index in [9.17, 15) is 0 Å². The highest BCUT2D eigenvalue weighted by molar-refractivity contribution is 6.56. The van der Waals surface area contributed by atoms with Gasteiger partial charge in [0.2, 0.25) is 0 Å². The molecule has 0 aliphatic carbocycles. The molecule has 0 atom stereocenters. The predicted molar refractivity (Wildman–Crippen MR) is 35.3 cm³/mol. The average molecular weight is 121 g/mol. The number of hydrogen-bond acceptors (Lipinski definition) is 2. The summed E-state index contributed by atoms with van der Waals surface area (Å²) < 4.78 is 1.98. The Kier molecular flexibility index (Phi) is 0.889. The number of rotatable bonds is 0. The zero-order valence-electron chi connectivity index (χ0n) is 5.41. The summed E-state index contributed by atoms with van der Waals surface area (Å²) in [7, 11) is 0. The largest absolute Gasteiger partial charge is 0.258 e. The second-order valence-corrected chi connectivity index (χ2v) is 2.67. The molecule has 0 radical (unpaired) electrons. The van der Waals surface area contributed by atoms with Crippen LogP contribution >= 0.6 is 0 Å². The van der Waals surface area contributed by atoms with Gasteiger partial charge in [-0.1, -0.05) is 6.82 Å². The van der Waals surface area contributed by atoms with Gasteiger partial charge in [-0.2, -0.15) is 5.10 Å². The van der Waals surface area contributed by atoms with Gasteiger partial charge < -0.3 is 0 Å². The fraction of sp³-hybridized carbons (Fsp3) is 0.600. The summed E-state index contributed by atoms with van der Waals surface area (Å²) in [6.45, 7) is 2.96. The van der Waals surface area contributed by atoms with Crippen LogP contribution in [-0.2, 0) is 12.8 Å². The van der Waals surface area contributed by atoms with E-state index in [0.29, 0.717) is 0 Å². The van der Waals surface area contributed by atoms with Crippen LogP contribution in [0.15, 0.2) is 6.33 Å². The van der Waals surface area contributed by atoms with Crippen molar-refractivity contribution in [1.82, 2.24) is 14.8 Å². The molecule has 0 N–H and O–H groups in total. The molecule has 46 valence electrons. The molecule has 0 saturated heterocycles. The van der Waals surface area contributed by atoms with E-state index in [4.69, 9.17) is 0 Å². The lowest BCUT2D eigenvalue weighted by molar-refractivity contribution is 0.731. The number of fused-ring (bicyclic) bond motifs is 1. The van der Waals surface area contributed by atoms with Crippen LogP contribution in [0, 0.1) is 0 Å². The normalized spacial score (nSPS) is 16.3. The van der Waals surface area contributed by atoms with Crippen LogP contribution in [0.2, 0.25) is 6.82 Å². The monoisotopic (exact) mass is 121 g/mol. The molecular weight excluding hydrogens is 113 g/mol. The molecule has 4 heteroatoms. The second kappa shape index (κ2) is 1.59. The van der Waals surface area contributed by atoms with Crippen molar-refractivity contribution in [3.05, 3.63) is 12.2 Å². The smallest absolute Gasteiger partial charge is 0.171 e. The molecule has 0 unspecified atom stereocenters. The van der Waals surface area contributed by atoms with E-state index >= 15 is 0 Å². The van der Waals surface area contributed by atoms with Crippen LogP contribution in [0.25, 0.3) is 0 Å². The molecule has 9 heavy (non-hydrogen) atoms. The fourth-order valence-electron chi connectivity index (χ4n) is 1.27. The molecule has 1 aliphatic rings. The Morgan fingerprint density at radius 3 is 3.44 bits per heavy atom. The van der Waals surface area contributed by atoms with Gasteiger partial charge in [0.1, 0.15) is 12.2 Å². The molecule has 0 fully saturated rings. The van der Waals surface area contributed by atoms with Gasteiger partial charge in [0.05, 0.1) is 0 Å². The van der Waals surface area contributed by atoms with Crippen LogP contribution < -0.4 is 0 Å². The third-order valence-corrected chi connectivity index (χ3v) is 1.71. The first-order valence-corrected chi connectivity index (χ1v) is 3.23. The number of nitrogens with zero attached hydrogens (tertiary/aromatic N) is 3. The van der Waals surface area contributed by atoms with Gasteiger partial charge in [0.15, 0.2) is 6.71 Å². The molecule has 1 aromatic heterocycles. The first kappa shape index (κ1) is 5.03. The van der Waals surface area contributed by atoms with Gasteiger partial charge in [0.25, 0.3) is 0 Å². The minimum absolute atomic E-state index is 0.737. The molecule has 2 rings (SSSR count). The standard InChI is InChI=1S/C5H8BN3/c1-6-2-5-7-4-8-9(5)3-6/h4H,2-3H2,1H3. The maximum atomic E-state index is 4.10. The van der Waals surface area contributed by atoms with E-state index < -0.39 is 0 Å². The Morgan fingerprint density at radius 2 is 2.67 bits per heavy atom. The van der Waals surface area contributed by atoms with Crippen molar-refractivity contribution in [1.29, 1.82) is 0 Å². The van der Waals surface area contributed by atoms with Crippen molar-refractivity contribution in [3.63, 3.8) is 0 Å². The molecule has 2 heterocycles. The van der Waals surface area contributed by atoms with Crippen molar-refractivity contribution < 1.29 is 0 Å². The molecule has 1 aliphatic heterocycles. The van der Waals surface area contributed by atoms with E-state index in [-0.39, 0.29) is 0 Å². The summed E-state index contributed by atoms with van der Waals surface area (Å²) in [6.07, 6.45) is 3.77. The van der Waals surface area contributed by atoms with E-state index in [1.54, 1.807) is 6.33 Å². The highest BCUT2D eigenvalue weighted by Gasteiger charge is 2.21. The van der Waals surface area contributed by atoms with Crippen LogP contribution in [0.1, 0.15) is 5.82 Å².